The molecule has 0 amide bonds. The van der Waals surface area contributed by atoms with Crippen LogP contribution < -0.4 is 0 Å². The van der Waals surface area contributed by atoms with Crippen molar-refractivity contribution in [3.8, 4) is 0 Å². The Morgan fingerprint density at radius 2 is 0.929 bits per heavy atom. The van der Waals surface area contributed by atoms with Gasteiger partial charge in [0.25, 0.3) is 0 Å². The van der Waals surface area contributed by atoms with E-state index in [1.54, 1.807) is 41.5 Å². The van der Waals surface area contributed by atoms with Crippen molar-refractivity contribution in [3.63, 3.8) is 0 Å². The van der Waals surface area contributed by atoms with E-state index >= 15 is 0 Å². The average molecular weight is 597 g/mol. The van der Waals surface area contributed by atoms with Gasteiger partial charge in [0, 0.05) is 6.42 Å². The fourth-order valence-electron chi connectivity index (χ4n) is 5.14. The van der Waals surface area contributed by atoms with Gasteiger partial charge in [-0.3, -0.25) is 14.4 Å². The second-order valence-corrected chi connectivity index (χ2v) is 14.2. The first kappa shape index (κ1) is 40.4. The molecule has 0 aromatic rings. The summed E-state index contributed by atoms with van der Waals surface area (Å²) >= 11 is 0. The Hall–Kier alpha value is -1.59. The first-order valence-corrected chi connectivity index (χ1v) is 17.4. The van der Waals surface area contributed by atoms with Gasteiger partial charge in [-0.15, -0.1) is 0 Å². The van der Waals surface area contributed by atoms with Crippen molar-refractivity contribution < 1.29 is 28.6 Å². The molecule has 0 aliphatic heterocycles. The van der Waals surface area contributed by atoms with Crippen molar-refractivity contribution in [1.29, 1.82) is 0 Å². The molecule has 0 aromatic heterocycles. The molecule has 0 saturated carbocycles. The highest BCUT2D eigenvalue weighted by Crippen LogP contribution is 2.23. The molecule has 0 atom stereocenters. The molecule has 0 aliphatic rings. The highest BCUT2D eigenvalue weighted by Gasteiger charge is 2.34. The molecule has 0 fully saturated rings. The van der Waals surface area contributed by atoms with Gasteiger partial charge in [-0.2, -0.15) is 0 Å². The van der Waals surface area contributed by atoms with Crippen LogP contribution in [0.15, 0.2) is 0 Å². The number of carbonyl (C=O) groups excluding carboxylic acids is 3. The Morgan fingerprint density at radius 1 is 0.524 bits per heavy atom. The highest BCUT2D eigenvalue weighted by atomic mass is 16.6. The van der Waals surface area contributed by atoms with Crippen molar-refractivity contribution in [3.05, 3.63) is 0 Å². The van der Waals surface area contributed by atoms with Gasteiger partial charge in [0.05, 0.1) is 6.61 Å². The number of esters is 3. The molecular formula is C36H68O6. The monoisotopic (exact) mass is 597 g/mol. The van der Waals surface area contributed by atoms with E-state index in [2.05, 4.69) is 13.8 Å². The Balaban J connectivity index is 4.49. The zero-order valence-electron chi connectivity index (χ0n) is 29.0. The van der Waals surface area contributed by atoms with Gasteiger partial charge in [-0.05, 0) is 66.7 Å². The summed E-state index contributed by atoms with van der Waals surface area (Å²) in [6.07, 6.45) is 22.0. The Bertz CT molecular complexity index is 659. The first-order chi connectivity index (χ1) is 19.8. The molecule has 0 rings (SSSR count). The molecule has 0 bridgehead atoms. The lowest BCUT2D eigenvalue weighted by Crippen LogP contribution is -2.36. The largest absolute Gasteiger partial charge is 0.466 e. The van der Waals surface area contributed by atoms with Gasteiger partial charge in [-0.1, -0.05) is 117 Å². The molecule has 0 unspecified atom stereocenters. The van der Waals surface area contributed by atoms with E-state index in [-0.39, 0.29) is 5.97 Å². The molecule has 0 saturated heterocycles. The van der Waals surface area contributed by atoms with Crippen LogP contribution in [0, 0.1) is 11.8 Å². The van der Waals surface area contributed by atoms with Crippen molar-refractivity contribution >= 4 is 17.9 Å². The summed E-state index contributed by atoms with van der Waals surface area (Å²) in [5.41, 5.74) is -1.35. The van der Waals surface area contributed by atoms with E-state index in [1.165, 1.54) is 89.9 Å². The Kier molecular flexibility index (Phi) is 22.9. The molecule has 6 heteroatoms. The topological polar surface area (TPSA) is 78.9 Å². The third-order valence-corrected chi connectivity index (χ3v) is 7.48. The zero-order chi connectivity index (χ0) is 31.9. The first-order valence-electron chi connectivity index (χ1n) is 17.4. The van der Waals surface area contributed by atoms with Crippen LogP contribution >= 0.6 is 0 Å². The minimum Gasteiger partial charge on any atom is -0.466 e. The summed E-state index contributed by atoms with van der Waals surface area (Å²) in [6.45, 7) is 15.7. The molecule has 0 radical (unpaired) electrons. The number of unbranched alkanes of at least 4 members (excludes halogenated alkanes) is 12. The number of carbonyl (C=O) groups is 3. The highest BCUT2D eigenvalue weighted by molar-refractivity contribution is 5.95. The van der Waals surface area contributed by atoms with Crippen molar-refractivity contribution in [2.75, 3.05) is 6.61 Å². The number of hydrogen-bond acceptors (Lipinski definition) is 6. The van der Waals surface area contributed by atoms with Gasteiger partial charge in [0.2, 0.25) is 0 Å². The molecule has 0 spiro atoms. The predicted octanol–water partition coefficient (Wildman–Crippen LogP) is 10.3. The zero-order valence-corrected chi connectivity index (χ0v) is 29.0. The third-order valence-electron chi connectivity index (χ3n) is 7.48. The molecule has 0 N–H and O–H groups in total. The Morgan fingerprint density at radius 3 is 1.38 bits per heavy atom. The van der Waals surface area contributed by atoms with Crippen LogP contribution in [-0.4, -0.2) is 35.7 Å². The molecule has 42 heavy (non-hydrogen) atoms. The predicted molar refractivity (Wildman–Crippen MR) is 173 cm³/mol. The molecule has 0 aliphatic carbocycles. The van der Waals surface area contributed by atoms with Crippen molar-refractivity contribution in [2.45, 2.75) is 195 Å². The number of ether oxygens (including phenoxy) is 3. The molecular weight excluding hydrogens is 528 g/mol. The normalized spacial score (nSPS) is 12.1. The van der Waals surface area contributed by atoms with Crippen molar-refractivity contribution in [2.24, 2.45) is 11.8 Å². The lowest BCUT2D eigenvalue weighted by molar-refractivity contribution is -0.174. The van der Waals surface area contributed by atoms with Gasteiger partial charge in [-0.25, -0.2) is 0 Å². The van der Waals surface area contributed by atoms with E-state index < -0.39 is 29.1 Å². The van der Waals surface area contributed by atoms with Crippen LogP contribution in [0.2, 0.25) is 0 Å². The summed E-state index contributed by atoms with van der Waals surface area (Å²) < 4.78 is 16.6. The second-order valence-electron chi connectivity index (χ2n) is 14.2. The van der Waals surface area contributed by atoms with Crippen LogP contribution in [0.3, 0.4) is 0 Å². The SMILES string of the molecule is CCCCCCCCC(CCCCCCCC)CCOC(=O)CCCCCC(C(=O)OC(C)(C)C)C(=O)OC(C)(C)C. The van der Waals surface area contributed by atoms with Crippen LogP contribution in [0.4, 0.5) is 0 Å². The van der Waals surface area contributed by atoms with Crippen LogP contribution in [-0.2, 0) is 28.6 Å². The summed E-state index contributed by atoms with van der Waals surface area (Å²) in [6, 6.07) is 0. The minimum atomic E-state index is -0.953. The van der Waals surface area contributed by atoms with Gasteiger partial charge >= 0.3 is 17.9 Å². The lowest BCUT2D eigenvalue weighted by atomic mass is 9.91. The van der Waals surface area contributed by atoms with Crippen LogP contribution in [0.1, 0.15) is 184 Å². The summed E-state index contributed by atoms with van der Waals surface area (Å²) in [4.78, 5) is 37.8. The van der Waals surface area contributed by atoms with Crippen molar-refractivity contribution in [1.82, 2.24) is 0 Å². The summed E-state index contributed by atoms with van der Waals surface area (Å²) in [5.74, 6) is -1.55. The average Bonchev–Trinajstić information content (AvgIpc) is 2.87. The maximum absolute atomic E-state index is 12.7. The fraction of sp³-hybridized carbons (Fsp3) is 0.917. The van der Waals surface area contributed by atoms with E-state index in [4.69, 9.17) is 14.2 Å². The summed E-state index contributed by atoms with van der Waals surface area (Å²) in [5, 5.41) is 0. The summed E-state index contributed by atoms with van der Waals surface area (Å²) in [7, 11) is 0. The van der Waals surface area contributed by atoms with E-state index in [0.717, 1.165) is 12.8 Å². The van der Waals surface area contributed by atoms with Gasteiger partial charge in [0.15, 0.2) is 5.92 Å². The maximum atomic E-state index is 12.7. The smallest absolute Gasteiger partial charge is 0.320 e. The lowest BCUT2D eigenvalue weighted by Gasteiger charge is -2.26. The Labute approximate surface area is 259 Å². The van der Waals surface area contributed by atoms with E-state index in [9.17, 15) is 14.4 Å². The van der Waals surface area contributed by atoms with Gasteiger partial charge < -0.3 is 14.2 Å². The quantitative estimate of drug-likeness (QED) is 0.0451. The number of hydrogen-bond donors (Lipinski definition) is 0. The van der Waals surface area contributed by atoms with Gasteiger partial charge in [0.1, 0.15) is 11.2 Å². The second kappa shape index (κ2) is 23.8. The fourth-order valence-corrected chi connectivity index (χ4v) is 5.14. The van der Waals surface area contributed by atoms with Crippen LogP contribution in [0.5, 0.6) is 0 Å². The maximum Gasteiger partial charge on any atom is 0.320 e. The van der Waals surface area contributed by atoms with Crippen LogP contribution in [0.25, 0.3) is 0 Å². The molecule has 248 valence electrons. The molecule has 0 aromatic carbocycles. The third kappa shape index (κ3) is 25.0. The van der Waals surface area contributed by atoms with E-state index in [1.807, 2.05) is 0 Å². The van der Waals surface area contributed by atoms with E-state index in [0.29, 0.717) is 38.2 Å². The molecule has 6 nitrogen and oxygen atoms in total. The minimum absolute atomic E-state index is 0.149. The standard InChI is InChI=1S/C36H68O6/c1-9-11-13-15-17-20-24-30(25-21-18-16-14-12-10-2)28-29-40-32(37)27-23-19-22-26-31(33(38)41-35(3,4)5)34(39)42-36(6,7)8/h30-31H,9-29H2,1-8H3. The molecule has 0 heterocycles. The number of rotatable bonds is 25.